The van der Waals surface area contributed by atoms with Crippen LogP contribution in [-0.2, 0) is 40.0 Å². The number of aromatic nitrogens is 3. The van der Waals surface area contributed by atoms with Crippen molar-refractivity contribution >= 4 is 11.8 Å². The molecule has 2 unspecified atom stereocenters. The number of benzene rings is 1. The molecule has 36 heavy (non-hydrogen) atoms. The maximum Gasteiger partial charge on any atom is 0.303 e. The number of pyridine rings is 1. The number of nitrogens with zero attached hydrogens (tertiary/aromatic N) is 2. The quantitative estimate of drug-likeness (QED) is 0.362. The van der Waals surface area contributed by atoms with Crippen molar-refractivity contribution in [2.75, 3.05) is 18.7 Å². The Morgan fingerprint density at radius 3 is 2.83 bits per heavy atom. The number of nitrogens with one attached hydrogen (secondary N) is 2. The standard InChI is InChI=1S/C28H32N4O4/c33-26(34)15-21(14-19-6-2-1-3-7-19)27(25-17-35-18-36-25)24-16-23(31-32-24)10-4-9-22-12-11-20-8-5-13-29-28(20)30-22/h1-3,6-7,11-12,16-17,21,27H,4-5,8-10,13-15,18H2,(H,29,30)(H,31,32)(H,33,34). The Morgan fingerprint density at radius 2 is 2.03 bits per heavy atom. The van der Waals surface area contributed by atoms with Crippen molar-refractivity contribution in [2.45, 2.75) is 50.9 Å². The Labute approximate surface area is 210 Å². The van der Waals surface area contributed by atoms with E-state index in [1.165, 1.54) is 5.56 Å². The first kappa shape index (κ1) is 23.9. The van der Waals surface area contributed by atoms with Crippen molar-refractivity contribution in [1.29, 1.82) is 0 Å². The molecule has 0 amide bonds. The monoisotopic (exact) mass is 488 g/mol. The predicted octanol–water partition coefficient (Wildman–Crippen LogP) is 4.60. The number of aliphatic carboxylic acids is 1. The van der Waals surface area contributed by atoms with Gasteiger partial charge in [0.05, 0.1) is 11.6 Å². The molecule has 4 heterocycles. The number of carboxylic acids is 1. The number of carboxylic acid groups (broad SMARTS) is 1. The smallest absolute Gasteiger partial charge is 0.303 e. The SMILES string of the molecule is O=C(O)CC(Cc1ccccc1)C(C1=COCO1)c1cc(CCCc2ccc3c(n2)NCCC3)[nH]n1. The summed E-state index contributed by atoms with van der Waals surface area (Å²) in [6.07, 6.45) is 7.07. The second kappa shape index (κ2) is 11.3. The third kappa shape index (κ3) is 5.87. The maximum atomic E-state index is 11.8. The van der Waals surface area contributed by atoms with Crippen molar-refractivity contribution in [3.05, 3.63) is 88.8 Å². The van der Waals surface area contributed by atoms with Crippen LogP contribution < -0.4 is 5.32 Å². The molecule has 0 fully saturated rings. The first-order chi connectivity index (χ1) is 17.7. The van der Waals surface area contributed by atoms with Gasteiger partial charge in [-0.3, -0.25) is 9.89 Å². The van der Waals surface area contributed by atoms with Crippen LogP contribution in [0, 0.1) is 5.92 Å². The van der Waals surface area contributed by atoms with E-state index in [2.05, 4.69) is 27.6 Å². The predicted molar refractivity (Wildman–Crippen MR) is 135 cm³/mol. The number of rotatable bonds is 11. The fourth-order valence-corrected chi connectivity index (χ4v) is 5.12. The molecule has 0 radical (unpaired) electrons. The Hall–Kier alpha value is -3.81. The Kier molecular flexibility index (Phi) is 7.50. The van der Waals surface area contributed by atoms with Gasteiger partial charge in [-0.05, 0) is 67.7 Å². The van der Waals surface area contributed by atoms with E-state index in [-0.39, 0.29) is 25.0 Å². The molecular weight excluding hydrogens is 456 g/mol. The van der Waals surface area contributed by atoms with Crippen LogP contribution >= 0.6 is 0 Å². The summed E-state index contributed by atoms with van der Waals surface area (Å²) in [6.45, 7) is 1.12. The summed E-state index contributed by atoms with van der Waals surface area (Å²) in [5.41, 5.74) is 5.26. The molecular formula is C28H32N4O4. The Bertz CT molecular complexity index is 1210. The highest BCUT2D eigenvalue weighted by Crippen LogP contribution is 2.38. The molecule has 8 nitrogen and oxygen atoms in total. The molecule has 188 valence electrons. The van der Waals surface area contributed by atoms with Gasteiger partial charge in [-0.15, -0.1) is 0 Å². The van der Waals surface area contributed by atoms with Crippen LogP contribution in [0.4, 0.5) is 5.82 Å². The van der Waals surface area contributed by atoms with Crippen LogP contribution in [0.2, 0.25) is 0 Å². The van der Waals surface area contributed by atoms with Crippen molar-refractivity contribution in [2.24, 2.45) is 5.92 Å². The molecule has 2 aliphatic rings. The van der Waals surface area contributed by atoms with Crippen LogP contribution in [0.25, 0.3) is 0 Å². The normalized spacial score (nSPS) is 16.2. The minimum Gasteiger partial charge on any atom is -0.481 e. The van der Waals surface area contributed by atoms with Crippen LogP contribution in [0.3, 0.4) is 0 Å². The van der Waals surface area contributed by atoms with E-state index in [1.54, 1.807) is 6.26 Å². The molecule has 0 saturated heterocycles. The Morgan fingerprint density at radius 1 is 1.14 bits per heavy atom. The van der Waals surface area contributed by atoms with Gasteiger partial charge in [0, 0.05) is 24.4 Å². The van der Waals surface area contributed by atoms with Crippen LogP contribution in [-0.4, -0.2) is 39.6 Å². The fourth-order valence-electron chi connectivity index (χ4n) is 5.12. The number of carbonyl (C=O) groups is 1. The molecule has 5 rings (SSSR count). The maximum absolute atomic E-state index is 11.8. The third-order valence-corrected chi connectivity index (χ3v) is 6.85. The highest BCUT2D eigenvalue weighted by atomic mass is 16.7. The molecule has 0 bridgehead atoms. The zero-order chi connectivity index (χ0) is 24.7. The van der Waals surface area contributed by atoms with E-state index in [0.29, 0.717) is 12.2 Å². The van der Waals surface area contributed by atoms with Crippen LogP contribution in [0.5, 0.6) is 0 Å². The first-order valence-corrected chi connectivity index (χ1v) is 12.6. The van der Waals surface area contributed by atoms with E-state index in [4.69, 9.17) is 14.5 Å². The largest absolute Gasteiger partial charge is 0.481 e. The fraction of sp³-hybridized carbons (Fsp3) is 0.393. The summed E-state index contributed by atoms with van der Waals surface area (Å²) >= 11 is 0. The number of allylic oxidation sites excluding steroid dienone is 1. The van der Waals surface area contributed by atoms with Gasteiger partial charge in [0.25, 0.3) is 0 Å². The highest BCUT2D eigenvalue weighted by molar-refractivity contribution is 5.67. The van der Waals surface area contributed by atoms with Crippen LogP contribution in [0.15, 0.2) is 60.6 Å². The topological polar surface area (TPSA) is 109 Å². The molecule has 0 aliphatic carbocycles. The van der Waals surface area contributed by atoms with Gasteiger partial charge in [-0.2, -0.15) is 5.10 Å². The van der Waals surface area contributed by atoms with Crippen molar-refractivity contribution in [3.8, 4) is 0 Å². The van der Waals surface area contributed by atoms with Gasteiger partial charge < -0.3 is 19.9 Å². The minimum atomic E-state index is -0.844. The summed E-state index contributed by atoms with van der Waals surface area (Å²) in [6, 6.07) is 16.3. The number of H-pyrrole nitrogens is 1. The van der Waals surface area contributed by atoms with E-state index < -0.39 is 5.97 Å². The lowest BCUT2D eigenvalue weighted by Gasteiger charge is -2.24. The van der Waals surface area contributed by atoms with Gasteiger partial charge in [0.15, 0.2) is 0 Å². The average Bonchev–Trinajstić information content (AvgIpc) is 3.58. The van der Waals surface area contributed by atoms with Gasteiger partial charge in [-0.1, -0.05) is 36.4 Å². The number of aryl methyl sites for hydroxylation is 3. The first-order valence-electron chi connectivity index (χ1n) is 12.6. The summed E-state index contributed by atoms with van der Waals surface area (Å²) < 4.78 is 11.1. The lowest BCUT2D eigenvalue weighted by Crippen LogP contribution is -2.22. The number of hydrogen-bond donors (Lipinski definition) is 3. The average molecular weight is 489 g/mol. The molecule has 0 saturated carbocycles. The number of fused-ring (bicyclic) bond motifs is 1. The zero-order valence-corrected chi connectivity index (χ0v) is 20.3. The van der Waals surface area contributed by atoms with E-state index in [0.717, 1.165) is 67.1 Å². The second-order valence-corrected chi connectivity index (χ2v) is 9.49. The second-order valence-electron chi connectivity index (χ2n) is 9.49. The summed E-state index contributed by atoms with van der Waals surface area (Å²) in [5.74, 6) is 0.257. The summed E-state index contributed by atoms with van der Waals surface area (Å²) in [5, 5.41) is 20.8. The van der Waals surface area contributed by atoms with Crippen molar-refractivity contribution in [1.82, 2.24) is 15.2 Å². The number of hydrogen-bond acceptors (Lipinski definition) is 6. The molecule has 0 spiro atoms. The molecule has 3 aromatic rings. The van der Waals surface area contributed by atoms with Gasteiger partial charge in [-0.25, -0.2) is 4.98 Å². The highest BCUT2D eigenvalue weighted by Gasteiger charge is 2.34. The molecule has 3 N–H and O–H groups in total. The van der Waals surface area contributed by atoms with Gasteiger partial charge in [0.2, 0.25) is 6.79 Å². The lowest BCUT2D eigenvalue weighted by atomic mass is 9.81. The lowest BCUT2D eigenvalue weighted by molar-refractivity contribution is -0.138. The third-order valence-electron chi connectivity index (χ3n) is 6.85. The van der Waals surface area contributed by atoms with E-state index in [1.807, 2.05) is 36.4 Å². The zero-order valence-electron chi connectivity index (χ0n) is 20.3. The summed E-state index contributed by atoms with van der Waals surface area (Å²) in [4.78, 5) is 16.6. The molecule has 2 aliphatic heterocycles. The molecule has 2 aromatic heterocycles. The molecule has 1 aromatic carbocycles. The molecule has 2 atom stereocenters. The van der Waals surface area contributed by atoms with Crippen molar-refractivity contribution in [3.63, 3.8) is 0 Å². The summed E-state index contributed by atoms with van der Waals surface area (Å²) in [7, 11) is 0. The van der Waals surface area contributed by atoms with E-state index >= 15 is 0 Å². The minimum absolute atomic E-state index is 0.000484. The van der Waals surface area contributed by atoms with Crippen molar-refractivity contribution < 1.29 is 19.4 Å². The number of aromatic amines is 1. The van der Waals surface area contributed by atoms with E-state index in [9.17, 15) is 9.90 Å². The Balaban J connectivity index is 1.29. The number of ether oxygens (including phenoxy) is 2. The van der Waals surface area contributed by atoms with Crippen LogP contribution in [0.1, 0.15) is 53.4 Å². The number of anilines is 1. The van der Waals surface area contributed by atoms with Gasteiger partial charge in [0.1, 0.15) is 17.8 Å². The van der Waals surface area contributed by atoms with Gasteiger partial charge >= 0.3 is 5.97 Å². The molecule has 8 heteroatoms.